The van der Waals surface area contributed by atoms with E-state index in [0.717, 1.165) is 41.8 Å². The Hall–Kier alpha value is -1.59. The molecule has 1 heterocycles. The summed E-state index contributed by atoms with van der Waals surface area (Å²) in [5.41, 5.74) is 3.14. The van der Waals surface area contributed by atoms with E-state index in [1.807, 2.05) is 33.8 Å². The van der Waals surface area contributed by atoms with Crippen LogP contribution < -0.4 is 0 Å². The number of carbonyl (C=O) groups excluding carboxylic acids is 1. The first-order valence-electron chi connectivity index (χ1n) is 11.7. The highest BCUT2D eigenvalue weighted by molar-refractivity contribution is 6.45. The van der Waals surface area contributed by atoms with E-state index >= 15 is 0 Å². The second-order valence-corrected chi connectivity index (χ2v) is 11.5. The highest BCUT2D eigenvalue weighted by Gasteiger charge is 2.67. The Labute approximate surface area is 187 Å². The third kappa shape index (κ3) is 3.78. The Morgan fingerprint density at radius 2 is 2.00 bits per heavy atom. The molecule has 0 amide bonds. The standard InChI is InChI=1S/C26H37BO4/c1-9-17-10-11-18(16(2)22(17)23(28)29-24(3,4)5)12-13-27-30-21-15-19-14-20(25(19,6)7)26(21,8)31-27/h9-11,19-21H,1,12-15H2,2-8H3/t19?,20?,21?,26-/m0/s1. The van der Waals surface area contributed by atoms with Crippen LogP contribution in [0.15, 0.2) is 18.7 Å². The zero-order chi connectivity index (χ0) is 22.8. The molecule has 0 N–H and O–H groups in total. The van der Waals surface area contributed by atoms with Crippen molar-refractivity contribution in [3.63, 3.8) is 0 Å². The van der Waals surface area contributed by atoms with Gasteiger partial charge in [0.2, 0.25) is 0 Å². The predicted molar refractivity (Wildman–Crippen MR) is 125 cm³/mol. The summed E-state index contributed by atoms with van der Waals surface area (Å²) in [6.45, 7) is 18.5. The number of carbonyl (C=O) groups is 1. The van der Waals surface area contributed by atoms with Crippen LogP contribution in [-0.2, 0) is 20.5 Å². The molecule has 0 spiro atoms. The third-order valence-corrected chi connectivity index (χ3v) is 8.08. The Kier molecular flexibility index (Phi) is 5.46. The fourth-order valence-electron chi connectivity index (χ4n) is 6.17. The zero-order valence-electron chi connectivity index (χ0n) is 20.2. The van der Waals surface area contributed by atoms with Crippen LogP contribution in [0.4, 0.5) is 0 Å². The predicted octanol–water partition coefficient (Wildman–Crippen LogP) is 5.86. The normalized spacial score (nSPS) is 31.1. The van der Waals surface area contributed by atoms with Gasteiger partial charge in [-0.2, -0.15) is 0 Å². The van der Waals surface area contributed by atoms with Gasteiger partial charge in [0.1, 0.15) is 5.60 Å². The number of aryl methyl sites for hydroxylation is 1. The number of rotatable bonds is 5. The van der Waals surface area contributed by atoms with Crippen molar-refractivity contribution in [2.75, 3.05) is 0 Å². The maximum Gasteiger partial charge on any atom is 0.457 e. The number of ether oxygens (including phenoxy) is 1. The van der Waals surface area contributed by atoms with Crippen molar-refractivity contribution in [3.05, 3.63) is 41.0 Å². The van der Waals surface area contributed by atoms with Crippen molar-refractivity contribution in [1.82, 2.24) is 0 Å². The largest absolute Gasteiger partial charge is 0.457 e. The summed E-state index contributed by atoms with van der Waals surface area (Å²) in [6.07, 6.45) is 5.87. The molecule has 0 aromatic heterocycles. The molecule has 5 rings (SSSR count). The van der Waals surface area contributed by atoms with Gasteiger partial charge in [0.25, 0.3) is 0 Å². The number of benzene rings is 1. The van der Waals surface area contributed by atoms with Crippen molar-refractivity contribution in [3.8, 4) is 0 Å². The highest BCUT2D eigenvalue weighted by Crippen LogP contribution is 2.65. The minimum absolute atomic E-state index is 0.174. The van der Waals surface area contributed by atoms with Crippen LogP contribution in [0.1, 0.15) is 81.4 Å². The van der Waals surface area contributed by atoms with Gasteiger partial charge in [0, 0.05) is 0 Å². The van der Waals surface area contributed by atoms with Crippen LogP contribution >= 0.6 is 0 Å². The molecule has 1 aliphatic heterocycles. The quantitative estimate of drug-likeness (QED) is 0.439. The lowest BCUT2D eigenvalue weighted by Crippen LogP contribution is -2.65. The van der Waals surface area contributed by atoms with Crippen molar-refractivity contribution in [1.29, 1.82) is 0 Å². The van der Waals surface area contributed by atoms with Crippen molar-refractivity contribution in [2.45, 2.75) is 91.4 Å². The maximum atomic E-state index is 12.9. The van der Waals surface area contributed by atoms with Crippen molar-refractivity contribution >= 4 is 19.2 Å². The molecule has 5 heteroatoms. The molecule has 1 saturated heterocycles. The van der Waals surface area contributed by atoms with Gasteiger partial charge in [0.15, 0.2) is 0 Å². The SMILES string of the molecule is C=Cc1ccc(CCB2OC3CC4CC(C4(C)C)[C@]3(C)O2)c(C)c1C(=O)OC(C)(C)C. The number of esters is 1. The Morgan fingerprint density at radius 3 is 2.61 bits per heavy atom. The van der Waals surface area contributed by atoms with E-state index in [-0.39, 0.29) is 24.8 Å². The third-order valence-electron chi connectivity index (χ3n) is 8.08. The molecule has 3 aliphatic carbocycles. The summed E-state index contributed by atoms with van der Waals surface area (Å²) in [5.74, 6) is 1.03. The molecule has 2 bridgehead atoms. The van der Waals surface area contributed by atoms with E-state index in [1.54, 1.807) is 6.08 Å². The van der Waals surface area contributed by atoms with E-state index in [4.69, 9.17) is 14.0 Å². The van der Waals surface area contributed by atoms with E-state index < -0.39 is 5.60 Å². The summed E-state index contributed by atoms with van der Waals surface area (Å²) in [4.78, 5) is 12.9. The molecular weight excluding hydrogens is 387 g/mol. The van der Waals surface area contributed by atoms with E-state index in [2.05, 4.69) is 33.4 Å². The van der Waals surface area contributed by atoms with Gasteiger partial charge >= 0.3 is 13.1 Å². The fraction of sp³-hybridized carbons (Fsp3) is 0.654. The lowest BCUT2D eigenvalue weighted by atomic mass is 9.43. The summed E-state index contributed by atoms with van der Waals surface area (Å²) in [7, 11) is -0.186. The molecule has 4 fully saturated rings. The highest BCUT2D eigenvalue weighted by atomic mass is 16.7. The molecular formula is C26H37BO4. The molecule has 1 aromatic carbocycles. The van der Waals surface area contributed by atoms with Crippen LogP contribution in [-0.4, -0.2) is 30.4 Å². The monoisotopic (exact) mass is 424 g/mol. The van der Waals surface area contributed by atoms with Gasteiger partial charge in [-0.05, 0) is 94.1 Å². The molecule has 0 radical (unpaired) electrons. The average Bonchev–Trinajstić information content (AvgIpc) is 3.00. The summed E-state index contributed by atoms with van der Waals surface area (Å²) in [5, 5.41) is 0. The molecule has 31 heavy (non-hydrogen) atoms. The first-order valence-corrected chi connectivity index (χ1v) is 11.7. The molecule has 1 aromatic rings. The average molecular weight is 424 g/mol. The Balaban J connectivity index is 1.48. The van der Waals surface area contributed by atoms with Crippen LogP contribution in [0.3, 0.4) is 0 Å². The molecule has 3 saturated carbocycles. The first-order chi connectivity index (χ1) is 14.4. The summed E-state index contributed by atoms with van der Waals surface area (Å²) < 4.78 is 18.6. The number of hydrogen-bond donors (Lipinski definition) is 0. The van der Waals surface area contributed by atoms with Crippen molar-refractivity contribution < 1.29 is 18.8 Å². The first kappa shape index (κ1) is 22.6. The summed E-state index contributed by atoms with van der Waals surface area (Å²) >= 11 is 0. The topological polar surface area (TPSA) is 44.8 Å². The second kappa shape index (κ2) is 7.49. The van der Waals surface area contributed by atoms with E-state index in [1.165, 1.54) is 6.42 Å². The second-order valence-electron chi connectivity index (χ2n) is 11.5. The zero-order valence-corrected chi connectivity index (χ0v) is 20.2. The summed E-state index contributed by atoms with van der Waals surface area (Å²) in [6, 6.07) is 4.05. The van der Waals surface area contributed by atoms with Gasteiger partial charge in [0.05, 0.1) is 17.3 Å². The number of hydrogen-bond acceptors (Lipinski definition) is 4. The van der Waals surface area contributed by atoms with Crippen LogP contribution in [0, 0.1) is 24.2 Å². The lowest BCUT2D eigenvalue weighted by molar-refractivity contribution is -0.199. The van der Waals surface area contributed by atoms with Gasteiger partial charge < -0.3 is 14.0 Å². The van der Waals surface area contributed by atoms with Crippen LogP contribution in [0.5, 0.6) is 0 Å². The molecule has 4 nitrogen and oxygen atoms in total. The Morgan fingerprint density at radius 1 is 1.29 bits per heavy atom. The minimum atomic E-state index is -0.538. The Bertz CT molecular complexity index is 899. The van der Waals surface area contributed by atoms with Gasteiger partial charge in [-0.3, -0.25) is 0 Å². The fourth-order valence-corrected chi connectivity index (χ4v) is 6.17. The van der Waals surface area contributed by atoms with E-state index in [9.17, 15) is 4.79 Å². The van der Waals surface area contributed by atoms with Crippen LogP contribution in [0.25, 0.3) is 6.08 Å². The minimum Gasteiger partial charge on any atom is -0.456 e. The molecule has 168 valence electrons. The van der Waals surface area contributed by atoms with Gasteiger partial charge in [-0.1, -0.05) is 38.6 Å². The lowest BCUT2D eigenvalue weighted by Gasteiger charge is -2.64. The maximum absolute atomic E-state index is 12.9. The van der Waals surface area contributed by atoms with Crippen molar-refractivity contribution in [2.24, 2.45) is 17.3 Å². The molecule has 3 unspecified atom stereocenters. The van der Waals surface area contributed by atoms with Gasteiger partial charge in [-0.15, -0.1) is 0 Å². The van der Waals surface area contributed by atoms with E-state index in [0.29, 0.717) is 16.9 Å². The molecule has 4 aliphatic rings. The smallest absolute Gasteiger partial charge is 0.456 e. The van der Waals surface area contributed by atoms with Crippen LogP contribution in [0.2, 0.25) is 6.32 Å². The molecule has 4 atom stereocenters. The van der Waals surface area contributed by atoms with Gasteiger partial charge in [-0.25, -0.2) is 4.79 Å².